The molecule has 0 aliphatic carbocycles. The molecule has 0 fully saturated rings. The van der Waals surface area contributed by atoms with Crippen LogP contribution in [0.1, 0.15) is 23.0 Å². The third kappa shape index (κ3) is 2.92. The van der Waals surface area contributed by atoms with E-state index in [0.717, 1.165) is 3.79 Å². The van der Waals surface area contributed by atoms with E-state index in [1.54, 1.807) is 19.1 Å². The number of carboxylic acids is 1. The lowest BCUT2D eigenvalue weighted by Gasteiger charge is -2.04. The topological polar surface area (TPSA) is 54.4 Å². The van der Waals surface area contributed by atoms with Crippen LogP contribution in [0.25, 0.3) is 0 Å². The van der Waals surface area contributed by atoms with Crippen LogP contribution in [0.5, 0.6) is 0 Å². The molecule has 0 spiro atoms. The predicted octanol–water partition coefficient (Wildman–Crippen LogP) is 2.80. The lowest BCUT2D eigenvalue weighted by Crippen LogP contribution is -2.14. The van der Waals surface area contributed by atoms with Crippen LogP contribution in [0, 0.1) is 5.92 Å². The van der Waals surface area contributed by atoms with Gasteiger partial charge in [0.15, 0.2) is 5.78 Å². The van der Waals surface area contributed by atoms with Gasteiger partial charge in [-0.15, -0.1) is 11.3 Å². The predicted molar refractivity (Wildman–Crippen MR) is 57.8 cm³/mol. The average Bonchev–Trinajstić information content (AvgIpc) is 2.49. The molecule has 1 aromatic heterocycles. The number of hydrogen-bond donors (Lipinski definition) is 1. The molecule has 0 radical (unpaired) electrons. The van der Waals surface area contributed by atoms with Crippen LogP contribution in [0.3, 0.4) is 0 Å². The van der Waals surface area contributed by atoms with Gasteiger partial charge in [0.05, 0.1) is 15.1 Å². The number of carboxylic acid groups (broad SMARTS) is 1. The second-order valence-corrected chi connectivity index (χ2v) is 5.43. The quantitative estimate of drug-likeness (QED) is 0.861. The van der Waals surface area contributed by atoms with Gasteiger partial charge in [0.25, 0.3) is 0 Å². The number of hydrogen-bond acceptors (Lipinski definition) is 3. The zero-order valence-electron chi connectivity index (χ0n) is 7.49. The Morgan fingerprint density at radius 1 is 1.57 bits per heavy atom. The summed E-state index contributed by atoms with van der Waals surface area (Å²) in [5, 5.41) is 8.53. The largest absolute Gasteiger partial charge is 0.481 e. The van der Waals surface area contributed by atoms with Crippen LogP contribution >= 0.6 is 27.3 Å². The number of ketones is 1. The highest BCUT2D eigenvalue weighted by Crippen LogP contribution is 2.25. The fraction of sp³-hybridized carbons (Fsp3) is 0.333. The highest BCUT2D eigenvalue weighted by Gasteiger charge is 2.19. The van der Waals surface area contributed by atoms with Gasteiger partial charge in [0.2, 0.25) is 0 Å². The van der Waals surface area contributed by atoms with E-state index in [-0.39, 0.29) is 12.2 Å². The summed E-state index contributed by atoms with van der Waals surface area (Å²) in [5.74, 6) is -1.51. The second kappa shape index (κ2) is 4.70. The molecule has 1 heterocycles. The Labute approximate surface area is 93.9 Å². The molecule has 1 atom stereocenters. The van der Waals surface area contributed by atoms with Crippen LogP contribution in [0.15, 0.2) is 15.9 Å². The Balaban J connectivity index is 2.70. The Hall–Kier alpha value is -0.680. The highest BCUT2D eigenvalue weighted by molar-refractivity contribution is 9.11. The standard InChI is InChI=1S/C9H9BrO3S/c1-5(4-8(11)12)9(13)6-2-3-7(10)14-6/h2-3,5H,4H2,1H3,(H,11,12). The van der Waals surface area contributed by atoms with Crippen molar-refractivity contribution in [2.75, 3.05) is 0 Å². The summed E-state index contributed by atoms with van der Waals surface area (Å²) in [4.78, 5) is 22.6. The fourth-order valence-corrected chi connectivity index (χ4v) is 2.48. The number of halogens is 1. The van der Waals surface area contributed by atoms with Crippen molar-refractivity contribution in [3.8, 4) is 0 Å². The van der Waals surface area contributed by atoms with E-state index in [4.69, 9.17) is 5.11 Å². The van der Waals surface area contributed by atoms with E-state index in [9.17, 15) is 9.59 Å². The number of aliphatic carboxylic acids is 1. The summed E-state index contributed by atoms with van der Waals surface area (Å²) in [6.45, 7) is 1.63. The molecule has 5 heteroatoms. The maximum absolute atomic E-state index is 11.6. The molecule has 0 aliphatic heterocycles. The van der Waals surface area contributed by atoms with Crippen molar-refractivity contribution in [2.45, 2.75) is 13.3 Å². The molecule has 3 nitrogen and oxygen atoms in total. The minimum absolute atomic E-state index is 0.108. The first-order valence-corrected chi connectivity index (χ1v) is 5.63. The Morgan fingerprint density at radius 2 is 2.21 bits per heavy atom. The Morgan fingerprint density at radius 3 is 2.64 bits per heavy atom. The van der Waals surface area contributed by atoms with Gasteiger partial charge in [0.1, 0.15) is 0 Å². The van der Waals surface area contributed by atoms with Crippen LogP contribution in [-0.2, 0) is 4.79 Å². The summed E-state index contributed by atoms with van der Waals surface area (Å²) in [7, 11) is 0. The third-order valence-corrected chi connectivity index (χ3v) is 3.38. The zero-order valence-corrected chi connectivity index (χ0v) is 9.89. The first kappa shape index (κ1) is 11.4. The van der Waals surface area contributed by atoms with Gasteiger partial charge in [-0.3, -0.25) is 9.59 Å². The molecule has 0 saturated carbocycles. The van der Waals surface area contributed by atoms with Crippen molar-refractivity contribution in [1.29, 1.82) is 0 Å². The summed E-state index contributed by atoms with van der Waals surface area (Å²) < 4.78 is 0.878. The van der Waals surface area contributed by atoms with Crippen molar-refractivity contribution < 1.29 is 14.7 Å². The van der Waals surface area contributed by atoms with Crippen molar-refractivity contribution in [2.24, 2.45) is 5.92 Å². The summed E-state index contributed by atoms with van der Waals surface area (Å²) in [6.07, 6.45) is -0.117. The van der Waals surface area contributed by atoms with E-state index < -0.39 is 11.9 Å². The van der Waals surface area contributed by atoms with E-state index in [0.29, 0.717) is 4.88 Å². The first-order valence-electron chi connectivity index (χ1n) is 4.02. The van der Waals surface area contributed by atoms with Gasteiger partial charge in [-0.1, -0.05) is 6.92 Å². The van der Waals surface area contributed by atoms with E-state index >= 15 is 0 Å². The summed E-state index contributed by atoms with van der Waals surface area (Å²) >= 11 is 4.58. The van der Waals surface area contributed by atoms with Gasteiger partial charge < -0.3 is 5.11 Å². The monoisotopic (exact) mass is 276 g/mol. The number of thiophene rings is 1. The molecule has 0 aromatic carbocycles. The van der Waals surface area contributed by atoms with Crippen molar-refractivity contribution in [1.82, 2.24) is 0 Å². The molecule has 0 amide bonds. The Bertz CT molecular complexity index is 359. The number of rotatable bonds is 4. The summed E-state index contributed by atoms with van der Waals surface area (Å²) in [5.41, 5.74) is 0. The van der Waals surface area contributed by atoms with Crippen molar-refractivity contribution >= 4 is 39.0 Å². The van der Waals surface area contributed by atoms with Crippen LogP contribution in [0.2, 0.25) is 0 Å². The van der Waals surface area contributed by atoms with Crippen LogP contribution < -0.4 is 0 Å². The lowest BCUT2D eigenvalue weighted by atomic mass is 10.0. The lowest BCUT2D eigenvalue weighted by molar-refractivity contribution is -0.137. The van der Waals surface area contributed by atoms with Gasteiger partial charge in [-0.25, -0.2) is 0 Å². The maximum Gasteiger partial charge on any atom is 0.304 e. The Kier molecular flexibility index (Phi) is 3.83. The maximum atomic E-state index is 11.6. The van der Waals surface area contributed by atoms with Crippen molar-refractivity contribution in [3.05, 3.63) is 20.8 Å². The first-order chi connectivity index (χ1) is 6.50. The third-order valence-electron chi connectivity index (χ3n) is 1.74. The molecule has 0 saturated heterocycles. The molecule has 76 valence electrons. The van der Waals surface area contributed by atoms with Gasteiger partial charge >= 0.3 is 5.97 Å². The molecule has 1 rings (SSSR count). The molecule has 0 bridgehead atoms. The average molecular weight is 277 g/mol. The molecular formula is C9H9BrO3S. The second-order valence-electron chi connectivity index (χ2n) is 2.97. The molecule has 0 aliphatic rings. The van der Waals surface area contributed by atoms with Crippen molar-refractivity contribution in [3.63, 3.8) is 0 Å². The normalized spacial score (nSPS) is 12.4. The minimum atomic E-state index is -0.943. The molecule has 14 heavy (non-hydrogen) atoms. The number of carbonyl (C=O) groups is 2. The zero-order chi connectivity index (χ0) is 10.7. The van der Waals surface area contributed by atoms with Gasteiger partial charge in [-0.05, 0) is 28.1 Å². The van der Waals surface area contributed by atoms with Gasteiger partial charge in [0, 0.05) is 5.92 Å². The smallest absolute Gasteiger partial charge is 0.304 e. The molecule has 1 N–H and O–H groups in total. The van der Waals surface area contributed by atoms with Crippen LogP contribution in [-0.4, -0.2) is 16.9 Å². The summed E-state index contributed by atoms with van der Waals surface area (Å²) in [6, 6.07) is 3.49. The SMILES string of the molecule is CC(CC(=O)O)C(=O)c1ccc(Br)s1. The van der Waals surface area contributed by atoms with Crippen LogP contribution in [0.4, 0.5) is 0 Å². The molecule has 1 unspecified atom stereocenters. The van der Waals surface area contributed by atoms with E-state index in [1.807, 2.05) is 0 Å². The van der Waals surface area contributed by atoms with Gasteiger partial charge in [-0.2, -0.15) is 0 Å². The fourth-order valence-electron chi connectivity index (χ4n) is 1.04. The minimum Gasteiger partial charge on any atom is -0.481 e. The highest BCUT2D eigenvalue weighted by atomic mass is 79.9. The van der Waals surface area contributed by atoms with E-state index in [1.165, 1.54) is 11.3 Å². The number of Topliss-reactive ketones (excluding diaryl/α,β-unsaturated/α-hetero) is 1. The molecular weight excluding hydrogens is 268 g/mol. The van der Waals surface area contributed by atoms with E-state index in [2.05, 4.69) is 15.9 Å². The molecule has 1 aromatic rings. The number of carbonyl (C=O) groups excluding carboxylic acids is 1.